The Morgan fingerprint density at radius 1 is 1.00 bits per heavy atom. The fourth-order valence-electron chi connectivity index (χ4n) is 3.88. The molecule has 0 saturated carbocycles. The summed E-state index contributed by atoms with van der Waals surface area (Å²) in [6, 6.07) is 14.8. The summed E-state index contributed by atoms with van der Waals surface area (Å²) in [5, 5.41) is 7.21. The average Bonchev–Trinajstić information content (AvgIpc) is 3.44. The summed E-state index contributed by atoms with van der Waals surface area (Å²) in [6.45, 7) is 5.61. The number of anilines is 1. The molecule has 4 rings (SSSR count). The molecule has 0 spiro atoms. The molecular formula is C22H24FN3OS2. The average molecular weight is 430 g/mol. The van der Waals surface area contributed by atoms with E-state index >= 15 is 0 Å². The first kappa shape index (κ1) is 20.1. The second-order valence-corrected chi connectivity index (χ2v) is 9.13. The van der Waals surface area contributed by atoms with Gasteiger partial charge in [-0.25, -0.2) is 4.39 Å². The summed E-state index contributed by atoms with van der Waals surface area (Å²) in [5.41, 5.74) is 1.05. The molecule has 0 aliphatic carbocycles. The minimum atomic E-state index is -0.208. The van der Waals surface area contributed by atoms with Crippen molar-refractivity contribution >= 4 is 34.3 Å². The summed E-state index contributed by atoms with van der Waals surface area (Å²) in [4.78, 5) is 19.3. The van der Waals surface area contributed by atoms with E-state index in [1.807, 2.05) is 29.6 Å². The molecule has 0 bridgehead atoms. The molecule has 0 radical (unpaired) electrons. The quantitative estimate of drug-likeness (QED) is 0.621. The van der Waals surface area contributed by atoms with Gasteiger partial charge in [-0.15, -0.1) is 22.7 Å². The molecule has 4 nitrogen and oxygen atoms in total. The normalized spacial score (nSPS) is 17.1. The van der Waals surface area contributed by atoms with Gasteiger partial charge in [0, 0.05) is 42.8 Å². The van der Waals surface area contributed by atoms with E-state index in [4.69, 9.17) is 0 Å². The maximum atomic E-state index is 13.2. The number of thiophene rings is 2. The Balaban J connectivity index is 1.45. The molecule has 3 heterocycles. The molecule has 2 aromatic heterocycles. The number of halogens is 1. The molecule has 2 atom stereocenters. The number of nitrogens with one attached hydrogen (secondary N) is 1. The summed E-state index contributed by atoms with van der Waals surface area (Å²) in [7, 11) is 0. The van der Waals surface area contributed by atoms with E-state index in [-0.39, 0.29) is 23.8 Å². The van der Waals surface area contributed by atoms with Crippen LogP contribution in [0.2, 0.25) is 0 Å². The first-order valence-corrected chi connectivity index (χ1v) is 11.5. The third kappa shape index (κ3) is 4.69. The third-order valence-corrected chi connectivity index (χ3v) is 7.12. The van der Waals surface area contributed by atoms with Crippen LogP contribution in [0.25, 0.3) is 0 Å². The molecular weight excluding hydrogens is 405 g/mol. The summed E-state index contributed by atoms with van der Waals surface area (Å²) in [5.74, 6) is -0.223. The van der Waals surface area contributed by atoms with Gasteiger partial charge in [-0.05, 0) is 54.1 Å². The van der Waals surface area contributed by atoms with Crippen LogP contribution in [0.1, 0.15) is 27.5 Å². The van der Waals surface area contributed by atoms with Crippen LogP contribution < -0.4 is 10.2 Å². The van der Waals surface area contributed by atoms with Crippen LogP contribution in [0.15, 0.2) is 59.3 Å². The minimum Gasteiger partial charge on any atom is -0.369 e. The predicted molar refractivity (Wildman–Crippen MR) is 118 cm³/mol. The zero-order chi connectivity index (χ0) is 20.2. The van der Waals surface area contributed by atoms with Crippen molar-refractivity contribution in [3.8, 4) is 0 Å². The number of piperazine rings is 1. The molecule has 1 aliphatic rings. The van der Waals surface area contributed by atoms with E-state index in [1.165, 1.54) is 28.3 Å². The van der Waals surface area contributed by atoms with Gasteiger partial charge in [0.2, 0.25) is 0 Å². The lowest BCUT2D eigenvalue weighted by atomic mass is 10.0. The molecule has 0 unspecified atom stereocenters. The number of nitrogens with zero attached hydrogens (tertiary/aromatic N) is 2. The highest BCUT2D eigenvalue weighted by molar-refractivity contribution is 7.12. The molecule has 1 aliphatic heterocycles. The number of hydrogen-bond donors (Lipinski definition) is 1. The van der Waals surface area contributed by atoms with Crippen LogP contribution in [0.4, 0.5) is 10.1 Å². The van der Waals surface area contributed by atoms with Gasteiger partial charge in [0.05, 0.1) is 10.9 Å². The number of amides is 1. The molecule has 7 heteroatoms. The molecule has 1 amide bonds. The van der Waals surface area contributed by atoms with Gasteiger partial charge in [-0.3, -0.25) is 9.69 Å². The molecule has 1 N–H and O–H groups in total. The van der Waals surface area contributed by atoms with Crippen LogP contribution in [0.5, 0.6) is 0 Å². The molecule has 152 valence electrons. The van der Waals surface area contributed by atoms with Crippen molar-refractivity contribution in [3.63, 3.8) is 0 Å². The Morgan fingerprint density at radius 2 is 1.69 bits per heavy atom. The van der Waals surface area contributed by atoms with Crippen molar-refractivity contribution in [1.82, 2.24) is 10.2 Å². The zero-order valence-electron chi connectivity index (χ0n) is 16.3. The van der Waals surface area contributed by atoms with Crippen LogP contribution in [-0.2, 0) is 0 Å². The highest BCUT2D eigenvalue weighted by Crippen LogP contribution is 2.30. The van der Waals surface area contributed by atoms with E-state index in [9.17, 15) is 9.18 Å². The van der Waals surface area contributed by atoms with Gasteiger partial charge >= 0.3 is 0 Å². The van der Waals surface area contributed by atoms with E-state index in [0.717, 1.165) is 36.7 Å². The standard InChI is InChI=1S/C22H24FN3OS2/c1-16(24-22(27)20-5-3-15-29-20)21(19-4-2-14-28-19)26-12-10-25(11-13-26)18-8-6-17(23)7-9-18/h2-9,14-16,21H,10-13H2,1H3,(H,24,27)/t16-,21-/m0/s1. The first-order valence-electron chi connectivity index (χ1n) is 9.74. The first-order chi connectivity index (χ1) is 14.1. The third-order valence-electron chi connectivity index (χ3n) is 5.31. The van der Waals surface area contributed by atoms with Gasteiger partial charge in [-0.1, -0.05) is 12.1 Å². The zero-order valence-corrected chi connectivity index (χ0v) is 17.9. The second-order valence-electron chi connectivity index (χ2n) is 7.20. The number of carbonyl (C=O) groups is 1. The Labute approximate surface area is 178 Å². The lowest BCUT2D eigenvalue weighted by molar-refractivity contribution is 0.0894. The number of carbonyl (C=O) groups excluding carboxylic acids is 1. The molecule has 1 saturated heterocycles. The monoisotopic (exact) mass is 429 g/mol. The van der Waals surface area contributed by atoms with Crippen molar-refractivity contribution < 1.29 is 9.18 Å². The number of hydrogen-bond acceptors (Lipinski definition) is 5. The smallest absolute Gasteiger partial charge is 0.261 e. The lowest BCUT2D eigenvalue weighted by Crippen LogP contribution is -2.52. The van der Waals surface area contributed by atoms with Gasteiger partial charge in [0.1, 0.15) is 5.82 Å². The number of rotatable bonds is 6. The van der Waals surface area contributed by atoms with Crippen molar-refractivity contribution in [3.05, 3.63) is 74.9 Å². The van der Waals surface area contributed by atoms with E-state index in [0.29, 0.717) is 0 Å². The van der Waals surface area contributed by atoms with Crippen molar-refractivity contribution in [1.29, 1.82) is 0 Å². The van der Waals surface area contributed by atoms with Crippen LogP contribution in [0, 0.1) is 5.82 Å². The molecule has 3 aromatic rings. The van der Waals surface area contributed by atoms with Crippen molar-refractivity contribution in [2.24, 2.45) is 0 Å². The van der Waals surface area contributed by atoms with Crippen LogP contribution >= 0.6 is 22.7 Å². The van der Waals surface area contributed by atoms with E-state index in [1.54, 1.807) is 11.3 Å². The van der Waals surface area contributed by atoms with Gasteiger partial charge in [-0.2, -0.15) is 0 Å². The highest BCUT2D eigenvalue weighted by atomic mass is 32.1. The van der Waals surface area contributed by atoms with E-state index in [2.05, 4.69) is 39.6 Å². The lowest BCUT2D eigenvalue weighted by Gasteiger charge is -2.42. The Hall–Kier alpha value is -2.22. The largest absolute Gasteiger partial charge is 0.369 e. The van der Waals surface area contributed by atoms with Crippen LogP contribution in [0.3, 0.4) is 0 Å². The molecule has 1 aromatic carbocycles. The summed E-state index contributed by atoms with van der Waals surface area (Å²) < 4.78 is 13.2. The molecule has 1 fully saturated rings. The number of benzene rings is 1. The maximum absolute atomic E-state index is 13.2. The fourth-order valence-corrected chi connectivity index (χ4v) is 5.47. The summed E-state index contributed by atoms with van der Waals surface area (Å²) >= 11 is 3.19. The van der Waals surface area contributed by atoms with Crippen molar-refractivity contribution in [2.45, 2.75) is 19.0 Å². The Morgan fingerprint density at radius 3 is 2.31 bits per heavy atom. The Kier molecular flexibility index (Phi) is 6.28. The Bertz CT molecular complexity index is 904. The fraction of sp³-hybridized carbons (Fsp3) is 0.318. The van der Waals surface area contributed by atoms with E-state index < -0.39 is 0 Å². The summed E-state index contributed by atoms with van der Waals surface area (Å²) in [6.07, 6.45) is 0. The van der Waals surface area contributed by atoms with Gasteiger partial charge in [0.25, 0.3) is 5.91 Å². The highest BCUT2D eigenvalue weighted by Gasteiger charge is 2.31. The predicted octanol–water partition coefficient (Wildman–Crippen LogP) is 4.63. The van der Waals surface area contributed by atoms with Gasteiger partial charge in [0.15, 0.2) is 0 Å². The van der Waals surface area contributed by atoms with Gasteiger partial charge < -0.3 is 10.2 Å². The minimum absolute atomic E-state index is 0.0133. The molecule has 29 heavy (non-hydrogen) atoms. The van der Waals surface area contributed by atoms with Crippen molar-refractivity contribution in [2.75, 3.05) is 31.1 Å². The SMILES string of the molecule is C[C@H](NC(=O)c1cccs1)[C@@H](c1cccs1)N1CCN(c2ccc(F)cc2)CC1. The second kappa shape index (κ2) is 9.07. The van der Waals surface area contributed by atoms with Crippen LogP contribution in [-0.4, -0.2) is 43.0 Å². The topological polar surface area (TPSA) is 35.6 Å². The maximum Gasteiger partial charge on any atom is 0.261 e.